The van der Waals surface area contributed by atoms with E-state index in [-0.39, 0.29) is 47.1 Å². The summed E-state index contributed by atoms with van der Waals surface area (Å²) in [5.74, 6) is -22.0. The minimum atomic E-state index is -2.71. The van der Waals surface area contributed by atoms with Crippen molar-refractivity contribution in [1.29, 1.82) is 0 Å². The van der Waals surface area contributed by atoms with Gasteiger partial charge in [0.2, 0.25) is 17.6 Å². The van der Waals surface area contributed by atoms with Crippen LogP contribution in [0.5, 0.6) is 5.75 Å². The van der Waals surface area contributed by atoms with Crippen LogP contribution in [0.1, 0.15) is 24.3 Å². The number of non-ortho nitro benzene ring substituents is 1. The second-order valence-electron chi connectivity index (χ2n) is 12.6. The number of nitrogens with zero attached hydrogens (tertiary/aromatic N) is 3. The summed E-state index contributed by atoms with van der Waals surface area (Å²) in [5, 5.41) is 20.6. The number of carbonyl (C=O) groups excluding carboxylic acids is 4. The van der Waals surface area contributed by atoms with Crippen molar-refractivity contribution < 1.29 is 55.9 Å². The Balaban J connectivity index is 1.40. The molecule has 18 heteroatoms. The highest BCUT2D eigenvalue weighted by Gasteiger charge is 2.77. The van der Waals surface area contributed by atoms with Gasteiger partial charge in [-0.15, -0.1) is 23.2 Å². The highest BCUT2D eigenvalue weighted by Crippen LogP contribution is 2.66. The number of imide groups is 2. The van der Waals surface area contributed by atoms with Gasteiger partial charge in [0.1, 0.15) is 18.0 Å². The van der Waals surface area contributed by atoms with Gasteiger partial charge >= 0.3 is 0 Å². The fraction of sp³-hybridized carbons (Fsp3) is 0.294. The first kappa shape index (κ1) is 35.5. The Morgan fingerprint density at radius 1 is 0.865 bits per heavy atom. The van der Waals surface area contributed by atoms with Gasteiger partial charge in [0.05, 0.1) is 29.1 Å². The summed E-state index contributed by atoms with van der Waals surface area (Å²) in [6.45, 7) is -0.421. The number of allylic oxidation sites excluding steroid dienone is 2. The summed E-state index contributed by atoms with van der Waals surface area (Å²) in [4.78, 5) is 62.4. The van der Waals surface area contributed by atoms with Crippen LogP contribution in [0.3, 0.4) is 0 Å². The van der Waals surface area contributed by atoms with E-state index in [9.17, 15) is 42.5 Å². The van der Waals surface area contributed by atoms with E-state index in [0.717, 1.165) is 17.0 Å². The number of alkyl halides is 2. The van der Waals surface area contributed by atoms with Gasteiger partial charge in [-0.3, -0.25) is 29.3 Å². The van der Waals surface area contributed by atoms with E-state index in [1.165, 1.54) is 42.5 Å². The Bertz CT molecular complexity index is 2130. The first-order chi connectivity index (χ1) is 24.6. The molecule has 1 saturated carbocycles. The van der Waals surface area contributed by atoms with Gasteiger partial charge in [-0.05, 0) is 42.5 Å². The summed E-state index contributed by atoms with van der Waals surface area (Å²) >= 11 is 14.2. The lowest BCUT2D eigenvalue weighted by atomic mass is 9.56. The molecule has 3 aromatic carbocycles. The first-order valence-electron chi connectivity index (χ1n) is 15.5. The van der Waals surface area contributed by atoms with Crippen LogP contribution >= 0.6 is 23.2 Å². The van der Waals surface area contributed by atoms with Crippen molar-refractivity contribution in [2.75, 3.05) is 23.0 Å². The van der Waals surface area contributed by atoms with Crippen LogP contribution < -0.4 is 14.5 Å². The highest BCUT2D eigenvalue weighted by molar-refractivity contribution is 6.58. The molecule has 2 heterocycles. The molecule has 0 spiro atoms. The third-order valence-electron chi connectivity index (χ3n) is 10.1. The van der Waals surface area contributed by atoms with Crippen molar-refractivity contribution in [2.24, 2.45) is 17.8 Å². The van der Waals surface area contributed by atoms with Crippen LogP contribution in [0, 0.1) is 57.0 Å². The molecular weight excluding hydrogens is 744 g/mol. The molecule has 0 unspecified atom stereocenters. The number of nitro groups is 1. The maximum atomic E-state index is 15.2. The standard InChI is InChI=1S/C34H22Cl2F5N3O8/c35-33-13-20-18(8-9-19-21(20)30(47)42(29(19)46)15-2-1-3-16(12-15)44(50)51)22(14-4-6-17(7-5-14)52-11-10-45)34(33,36)32(49)43(31(33)48)28-26(40)24(38)23(37)25(39)27(28)41/h1-8,12,19-22,45H,9-11,13H2/t19-,20+,21-,22-,33+,34-/m0/s1. The third-order valence-corrected chi connectivity index (χ3v) is 11.5. The van der Waals surface area contributed by atoms with Gasteiger partial charge in [-0.1, -0.05) is 29.8 Å². The summed E-state index contributed by atoms with van der Waals surface area (Å²) in [6, 6.07) is 10.4. The van der Waals surface area contributed by atoms with Gasteiger partial charge in [0.15, 0.2) is 33.0 Å². The second kappa shape index (κ2) is 12.3. The van der Waals surface area contributed by atoms with Crippen molar-refractivity contribution in [3.8, 4) is 5.75 Å². The molecule has 0 bridgehead atoms. The summed E-state index contributed by atoms with van der Waals surface area (Å²) < 4.78 is 78.7. The molecule has 11 nitrogen and oxygen atoms in total. The number of fused-ring (bicyclic) bond motifs is 4. The number of benzene rings is 3. The van der Waals surface area contributed by atoms with E-state index in [1.54, 1.807) is 0 Å². The van der Waals surface area contributed by atoms with Gasteiger partial charge in [-0.2, -0.15) is 0 Å². The molecule has 3 fully saturated rings. The normalized spacial score (nSPS) is 28.1. The van der Waals surface area contributed by atoms with Crippen LogP contribution in [-0.2, 0) is 19.2 Å². The number of hydrogen-bond acceptors (Lipinski definition) is 8. The zero-order chi connectivity index (χ0) is 37.6. The van der Waals surface area contributed by atoms with Crippen molar-refractivity contribution in [3.05, 3.63) is 105 Å². The summed E-state index contributed by atoms with van der Waals surface area (Å²) in [7, 11) is 0. The lowest BCUT2D eigenvalue weighted by molar-refractivity contribution is -0.384. The van der Waals surface area contributed by atoms with Crippen molar-refractivity contribution in [1.82, 2.24) is 0 Å². The molecule has 0 radical (unpaired) electrons. The predicted octanol–water partition coefficient (Wildman–Crippen LogP) is 5.43. The number of halogens is 7. The number of hydrogen-bond donors (Lipinski definition) is 1. The predicted molar refractivity (Wildman–Crippen MR) is 171 cm³/mol. The van der Waals surface area contributed by atoms with E-state index in [0.29, 0.717) is 0 Å². The zero-order valence-corrected chi connectivity index (χ0v) is 27.6. The maximum Gasteiger partial charge on any atom is 0.271 e. The van der Waals surface area contributed by atoms with Crippen molar-refractivity contribution in [2.45, 2.75) is 28.5 Å². The fourth-order valence-corrected chi connectivity index (χ4v) is 8.80. The quantitative estimate of drug-likeness (QED) is 0.0490. The molecule has 7 rings (SSSR count). The van der Waals surface area contributed by atoms with Crippen LogP contribution in [0.25, 0.3) is 0 Å². The van der Waals surface area contributed by atoms with Gasteiger partial charge in [0, 0.05) is 18.1 Å². The highest BCUT2D eigenvalue weighted by atomic mass is 35.5. The number of carbonyl (C=O) groups is 4. The van der Waals surface area contributed by atoms with Crippen molar-refractivity contribution in [3.63, 3.8) is 0 Å². The summed E-state index contributed by atoms with van der Waals surface area (Å²) in [6.07, 6.45) is 0.693. The monoisotopic (exact) mass is 765 g/mol. The molecule has 4 amide bonds. The molecule has 270 valence electrons. The number of aliphatic hydroxyl groups is 1. The maximum absolute atomic E-state index is 15.2. The number of aliphatic hydroxyl groups excluding tert-OH is 1. The number of nitro benzene ring substituents is 1. The van der Waals surface area contributed by atoms with E-state index < -0.39 is 109 Å². The average Bonchev–Trinajstić information content (AvgIpc) is 3.47. The van der Waals surface area contributed by atoms with Crippen molar-refractivity contribution >= 4 is 63.9 Å². The zero-order valence-electron chi connectivity index (χ0n) is 26.1. The Hall–Kier alpha value is -4.93. The number of amides is 4. The van der Waals surface area contributed by atoms with Crippen LogP contribution in [-0.4, -0.2) is 56.6 Å². The molecule has 2 saturated heterocycles. The minimum absolute atomic E-state index is 0.0929. The van der Waals surface area contributed by atoms with E-state index in [2.05, 4.69) is 0 Å². The molecule has 2 aliphatic carbocycles. The van der Waals surface area contributed by atoms with Crippen LogP contribution in [0.15, 0.2) is 60.2 Å². The van der Waals surface area contributed by atoms with Crippen LogP contribution in [0.4, 0.5) is 39.0 Å². The summed E-state index contributed by atoms with van der Waals surface area (Å²) in [5.41, 5.74) is -2.04. The molecule has 0 aromatic heterocycles. The molecule has 6 atom stereocenters. The Kier molecular flexibility index (Phi) is 8.42. The molecule has 1 N–H and O–H groups in total. The van der Waals surface area contributed by atoms with Crippen LogP contribution in [0.2, 0.25) is 0 Å². The van der Waals surface area contributed by atoms with E-state index >= 15 is 8.78 Å². The smallest absolute Gasteiger partial charge is 0.271 e. The largest absolute Gasteiger partial charge is 0.491 e. The second-order valence-corrected chi connectivity index (χ2v) is 13.9. The third kappa shape index (κ3) is 4.73. The Labute approximate surface area is 299 Å². The van der Waals surface area contributed by atoms with Gasteiger partial charge in [0.25, 0.3) is 17.5 Å². The SMILES string of the molecule is O=C1[C@H]2[C@H](CC=C3[C@H]2C[C@@]2(Cl)C(=O)N(c4c(F)c(F)c(F)c(F)c4F)C(=O)[C@@]2(Cl)[C@H]3c2ccc(OCCO)cc2)C(=O)N1c1cccc([N+](=O)[O-])c1. The molecule has 3 aromatic rings. The first-order valence-corrected chi connectivity index (χ1v) is 16.3. The lowest BCUT2D eigenvalue weighted by Gasteiger charge is -2.50. The van der Waals surface area contributed by atoms with Gasteiger partial charge in [-0.25, -0.2) is 31.8 Å². The Morgan fingerprint density at radius 2 is 1.50 bits per heavy atom. The molecule has 2 aliphatic heterocycles. The Morgan fingerprint density at radius 3 is 2.12 bits per heavy atom. The number of ether oxygens (including phenoxy) is 1. The average molecular weight is 766 g/mol. The minimum Gasteiger partial charge on any atom is -0.491 e. The lowest BCUT2D eigenvalue weighted by Crippen LogP contribution is -2.60. The van der Waals surface area contributed by atoms with Gasteiger partial charge < -0.3 is 9.84 Å². The number of anilines is 2. The molecule has 52 heavy (non-hydrogen) atoms. The molecule has 4 aliphatic rings. The van der Waals surface area contributed by atoms with E-state index in [1.807, 2.05) is 0 Å². The molecular formula is C34H22Cl2F5N3O8. The topological polar surface area (TPSA) is 147 Å². The van der Waals surface area contributed by atoms with E-state index in [4.69, 9.17) is 33.0 Å². The fourth-order valence-electron chi connectivity index (χ4n) is 7.86. The number of rotatable bonds is 7.